The summed E-state index contributed by atoms with van der Waals surface area (Å²) in [4.78, 5) is 11.7. The van der Waals surface area contributed by atoms with Crippen molar-refractivity contribution < 1.29 is 17.9 Å². The number of pyridine rings is 1. The molecule has 1 aliphatic rings. The van der Waals surface area contributed by atoms with Crippen LogP contribution < -0.4 is 5.32 Å². The second kappa shape index (κ2) is 6.49. The van der Waals surface area contributed by atoms with E-state index >= 15 is 0 Å². The fraction of sp³-hybridized carbons (Fsp3) is 0.400. The van der Waals surface area contributed by atoms with Gasteiger partial charge in [0.25, 0.3) is 0 Å². The lowest BCUT2D eigenvalue weighted by molar-refractivity contribution is -0.141. The van der Waals surface area contributed by atoms with Crippen molar-refractivity contribution in [3.05, 3.63) is 36.3 Å². The maximum Gasteiger partial charge on any atom is 0.433 e. The Kier molecular flexibility index (Phi) is 4.42. The smallest absolute Gasteiger partial charge is 0.381 e. The minimum atomic E-state index is -4.53. The van der Waals surface area contributed by atoms with Crippen molar-refractivity contribution in [1.29, 1.82) is 0 Å². The fourth-order valence-electron chi connectivity index (χ4n) is 2.31. The largest absolute Gasteiger partial charge is 0.433 e. The van der Waals surface area contributed by atoms with Gasteiger partial charge in [0.1, 0.15) is 5.82 Å². The van der Waals surface area contributed by atoms with Crippen molar-refractivity contribution in [2.75, 3.05) is 25.1 Å². The first-order valence-corrected chi connectivity index (χ1v) is 7.20. The van der Waals surface area contributed by atoms with E-state index < -0.39 is 11.9 Å². The molecule has 0 unspecified atom stereocenters. The van der Waals surface area contributed by atoms with Crippen LogP contribution in [0.3, 0.4) is 0 Å². The molecule has 0 radical (unpaired) electrons. The summed E-state index contributed by atoms with van der Waals surface area (Å²) in [5, 5.41) is 2.96. The van der Waals surface area contributed by atoms with Crippen LogP contribution >= 0.6 is 0 Å². The highest BCUT2D eigenvalue weighted by molar-refractivity contribution is 5.57. The van der Waals surface area contributed by atoms with Gasteiger partial charge in [0.15, 0.2) is 11.5 Å². The molecule has 3 rings (SSSR count). The zero-order chi connectivity index (χ0) is 16.3. The average Bonchev–Trinajstić information content (AvgIpc) is 3.06. The van der Waals surface area contributed by atoms with E-state index in [0.717, 1.165) is 12.5 Å². The molecule has 0 saturated carbocycles. The number of rotatable bonds is 4. The molecule has 1 saturated heterocycles. The SMILES string of the molecule is FC(F)(F)c1cc(NC[C@H]2CCOC2)nc(-c2ccncc2)n1. The Balaban J connectivity index is 1.88. The van der Waals surface area contributed by atoms with Crippen LogP contribution in [0.2, 0.25) is 0 Å². The Morgan fingerprint density at radius 1 is 1.22 bits per heavy atom. The van der Waals surface area contributed by atoms with Gasteiger partial charge in [0.05, 0.1) is 6.61 Å². The third kappa shape index (κ3) is 3.95. The summed E-state index contributed by atoms with van der Waals surface area (Å²) < 4.78 is 44.4. The normalized spacial score (nSPS) is 18.1. The molecule has 0 bridgehead atoms. The molecule has 3 heterocycles. The van der Waals surface area contributed by atoms with Gasteiger partial charge in [0, 0.05) is 43.1 Å². The van der Waals surface area contributed by atoms with Crippen LogP contribution in [0.1, 0.15) is 12.1 Å². The summed E-state index contributed by atoms with van der Waals surface area (Å²) in [5.74, 6) is 0.460. The summed E-state index contributed by atoms with van der Waals surface area (Å²) in [6, 6.07) is 4.08. The molecule has 1 fully saturated rings. The average molecular weight is 324 g/mol. The van der Waals surface area contributed by atoms with Gasteiger partial charge in [-0.3, -0.25) is 4.98 Å². The number of aromatic nitrogens is 3. The molecule has 0 spiro atoms. The van der Waals surface area contributed by atoms with Crippen molar-refractivity contribution in [3.8, 4) is 11.4 Å². The van der Waals surface area contributed by atoms with Gasteiger partial charge in [-0.15, -0.1) is 0 Å². The number of halogens is 3. The van der Waals surface area contributed by atoms with Gasteiger partial charge in [0.2, 0.25) is 0 Å². The lowest BCUT2D eigenvalue weighted by Crippen LogP contribution is -2.17. The molecule has 5 nitrogen and oxygen atoms in total. The highest BCUT2D eigenvalue weighted by Crippen LogP contribution is 2.30. The zero-order valence-electron chi connectivity index (χ0n) is 12.2. The topological polar surface area (TPSA) is 59.9 Å². The standard InChI is InChI=1S/C15H15F3N4O/c16-15(17,18)12-7-13(20-8-10-3-6-23-9-10)22-14(21-12)11-1-4-19-5-2-11/h1-2,4-5,7,10H,3,6,8-9H2,(H,20,21,22)/t10-/m1/s1. The Morgan fingerprint density at radius 3 is 2.65 bits per heavy atom. The van der Waals surface area contributed by atoms with Crippen LogP contribution in [0.15, 0.2) is 30.6 Å². The van der Waals surface area contributed by atoms with Crippen LogP contribution in [0.25, 0.3) is 11.4 Å². The molecule has 1 aliphatic heterocycles. The van der Waals surface area contributed by atoms with E-state index in [-0.39, 0.29) is 17.6 Å². The summed E-state index contributed by atoms with van der Waals surface area (Å²) in [7, 11) is 0. The van der Waals surface area contributed by atoms with Crippen LogP contribution in [0.5, 0.6) is 0 Å². The Morgan fingerprint density at radius 2 is 2.00 bits per heavy atom. The van der Waals surface area contributed by atoms with Gasteiger partial charge in [-0.1, -0.05) is 0 Å². The van der Waals surface area contributed by atoms with E-state index in [4.69, 9.17) is 4.74 Å². The first-order chi connectivity index (χ1) is 11.0. The minimum Gasteiger partial charge on any atom is -0.381 e. The third-order valence-corrected chi connectivity index (χ3v) is 3.55. The molecule has 2 aromatic heterocycles. The quantitative estimate of drug-likeness (QED) is 0.937. The molecule has 23 heavy (non-hydrogen) atoms. The molecule has 8 heteroatoms. The number of nitrogens with zero attached hydrogens (tertiary/aromatic N) is 3. The molecule has 0 aromatic carbocycles. The monoisotopic (exact) mass is 324 g/mol. The zero-order valence-corrected chi connectivity index (χ0v) is 12.2. The van der Waals surface area contributed by atoms with E-state index in [9.17, 15) is 13.2 Å². The fourth-order valence-corrected chi connectivity index (χ4v) is 2.31. The van der Waals surface area contributed by atoms with Crippen LogP contribution in [0, 0.1) is 5.92 Å². The molecule has 0 aliphatic carbocycles. The molecule has 122 valence electrons. The molecular formula is C15H15F3N4O. The van der Waals surface area contributed by atoms with Gasteiger partial charge in [-0.05, 0) is 18.6 Å². The van der Waals surface area contributed by atoms with Gasteiger partial charge in [-0.25, -0.2) is 9.97 Å². The number of ether oxygens (including phenoxy) is 1. The van der Waals surface area contributed by atoms with Crippen molar-refractivity contribution in [2.45, 2.75) is 12.6 Å². The second-order valence-electron chi connectivity index (χ2n) is 5.31. The highest BCUT2D eigenvalue weighted by Gasteiger charge is 2.34. The van der Waals surface area contributed by atoms with Gasteiger partial charge in [-0.2, -0.15) is 13.2 Å². The van der Waals surface area contributed by atoms with E-state index in [1.807, 2.05) is 0 Å². The third-order valence-electron chi connectivity index (χ3n) is 3.55. The first kappa shape index (κ1) is 15.7. The summed E-state index contributed by atoms with van der Waals surface area (Å²) >= 11 is 0. The molecule has 1 atom stereocenters. The van der Waals surface area contributed by atoms with Crippen molar-refractivity contribution >= 4 is 5.82 Å². The molecule has 1 N–H and O–H groups in total. The maximum atomic E-state index is 13.1. The second-order valence-corrected chi connectivity index (χ2v) is 5.31. The van der Waals surface area contributed by atoms with Crippen LogP contribution in [0.4, 0.5) is 19.0 Å². The van der Waals surface area contributed by atoms with Crippen LogP contribution in [-0.2, 0) is 10.9 Å². The number of anilines is 1. The maximum absolute atomic E-state index is 13.1. The number of alkyl halides is 3. The summed E-state index contributed by atoms with van der Waals surface area (Å²) in [5.41, 5.74) is -0.483. The lowest BCUT2D eigenvalue weighted by Gasteiger charge is -2.13. The molecule has 2 aromatic rings. The molecule has 0 amide bonds. The number of hydrogen-bond donors (Lipinski definition) is 1. The van der Waals surface area contributed by atoms with Crippen molar-refractivity contribution in [2.24, 2.45) is 5.92 Å². The van der Waals surface area contributed by atoms with E-state index in [1.165, 1.54) is 12.4 Å². The van der Waals surface area contributed by atoms with E-state index in [0.29, 0.717) is 25.3 Å². The van der Waals surface area contributed by atoms with Gasteiger partial charge >= 0.3 is 6.18 Å². The number of hydrogen-bond acceptors (Lipinski definition) is 5. The van der Waals surface area contributed by atoms with Gasteiger partial charge < -0.3 is 10.1 Å². The van der Waals surface area contributed by atoms with Crippen molar-refractivity contribution in [1.82, 2.24) is 15.0 Å². The van der Waals surface area contributed by atoms with E-state index in [2.05, 4.69) is 20.3 Å². The predicted molar refractivity (Wildman–Crippen MR) is 77.7 cm³/mol. The number of nitrogens with one attached hydrogen (secondary N) is 1. The molecular weight excluding hydrogens is 309 g/mol. The Bertz CT molecular complexity index is 658. The highest BCUT2D eigenvalue weighted by atomic mass is 19.4. The summed E-state index contributed by atoms with van der Waals surface area (Å²) in [6.45, 7) is 1.82. The summed E-state index contributed by atoms with van der Waals surface area (Å²) in [6.07, 6.45) is -0.664. The Labute approximate surface area is 130 Å². The lowest BCUT2D eigenvalue weighted by atomic mass is 10.1. The Hall–Kier alpha value is -2.22. The minimum absolute atomic E-state index is 0.0207. The van der Waals surface area contributed by atoms with Crippen molar-refractivity contribution in [3.63, 3.8) is 0 Å². The first-order valence-electron chi connectivity index (χ1n) is 7.20. The van der Waals surface area contributed by atoms with Crippen LogP contribution in [-0.4, -0.2) is 34.7 Å². The van der Waals surface area contributed by atoms with E-state index in [1.54, 1.807) is 12.1 Å². The predicted octanol–water partition coefficient (Wildman–Crippen LogP) is 3.01.